The van der Waals surface area contributed by atoms with Crippen LogP contribution in [-0.4, -0.2) is 46.6 Å². The molecule has 0 bridgehead atoms. The maximum absolute atomic E-state index is 12.0. The quantitative estimate of drug-likeness (QED) is 0.763. The van der Waals surface area contributed by atoms with E-state index in [1.54, 1.807) is 16.8 Å². The van der Waals surface area contributed by atoms with Crippen LogP contribution in [-0.2, 0) is 25.2 Å². The standard InChI is InChI=1S/C11H13N3O5S2/c1-7(15)12-9(10(16)17)6-21(18,19)5-8-4-14-2-3-20-11(14)13-8/h2-4,9H,5-6H2,1H3,(H,12,15)(H,16,17). The van der Waals surface area contributed by atoms with Crippen molar-refractivity contribution in [2.45, 2.75) is 18.7 Å². The number of fused-ring (bicyclic) bond motifs is 1. The van der Waals surface area contributed by atoms with Crippen LogP contribution in [0.4, 0.5) is 0 Å². The van der Waals surface area contributed by atoms with Gasteiger partial charge in [0.15, 0.2) is 14.8 Å². The molecule has 2 aromatic heterocycles. The molecule has 1 amide bonds. The third-order valence-electron chi connectivity index (χ3n) is 2.61. The van der Waals surface area contributed by atoms with Crippen molar-refractivity contribution >= 4 is 38.0 Å². The highest BCUT2D eigenvalue weighted by atomic mass is 32.2. The van der Waals surface area contributed by atoms with Crippen molar-refractivity contribution < 1.29 is 23.1 Å². The number of nitrogens with zero attached hydrogens (tertiary/aromatic N) is 2. The Hall–Kier alpha value is -1.94. The van der Waals surface area contributed by atoms with E-state index in [9.17, 15) is 18.0 Å². The van der Waals surface area contributed by atoms with Crippen LogP contribution < -0.4 is 5.32 Å². The van der Waals surface area contributed by atoms with Crippen molar-refractivity contribution in [2.24, 2.45) is 0 Å². The summed E-state index contributed by atoms with van der Waals surface area (Å²) in [5, 5.41) is 12.9. The van der Waals surface area contributed by atoms with E-state index in [1.807, 2.05) is 5.38 Å². The van der Waals surface area contributed by atoms with Crippen LogP contribution in [0.15, 0.2) is 17.8 Å². The summed E-state index contributed by atoms with van der Waals surface area (Å²) in [6.45, 7) is 1.13. The second-order valence-corrected chi connectivity index (χ2v) is 7.45. The average Bonchev–Trinajstić information content (AvgIpc) is 2.86. The van der Waals surface area contributed by atoms with Gasteiger partial charge in [-0.15, -0.1) is 11.3 Å². The lowest BCUT2D eigenvalue weighted by atomic mass is 10.3. The minimum Gasteiger partial charge on any atom is -0.480 e. The number of carboxylic acids is 1. The number of aromatic nitrogens is 2. The van der Waals surface area contributed by atoms with Crippen LogP contribution >= 0.6 is 11.3 Å². The molecule has 0 aliphatic heterocycles. The van der Waals surface area contributed by atoms with Crippen LogP contribution in [0.5, 0.6) is 0 Å². The largest absolute Gasteiger partial charge is 0.480 e. The normalized spacial score (nSPS) is 13.2. The Morgan fingerprint density at radius 2 is 2.24 bits per heavy atom. The maximum atomic E-state index is 12.0. The third-order valence-corrected chi connectivity index (χ3v) is 4.95. The molecule has 21 heavy (non-hydrogen) atoms. The Bertz CT molecular complexity index is 748. The van der Waals surface area contributed by atoms with Gasteiger partial charge in [0.1, 0.15) is 6.04 Å². The topological polar surface area (TPSA) is 118 Å². The Kier molecular flexibility index (Phi) is 4.28. The molecule has 0 aliphatic carbocycles. The molecule has 2 aromatic rings. The van der Waals surface area contributed by atoms with E-state index in [2.05, 4.69) is 10.3 Å². The Morgan fingerprint density at radius 1 is 1.52 bits per heavy atom. The molecule has 1 atom stereocenters. The number of thiazole rings is 1. The predicted molar refractivity (Wildman–Crippen MR) is 75.8 cm³/mol. The Labute approximate surface area is 124 Å². The molecule has 2 rings (SSSR count). The molecule has 0 aliphatic rings. The molecule has 2 N–H and O–H groups in total. The number of carboxylic acid groups (broad SMARTS) is 1. The molecule has 0 saturated carbocycles. The number of rotatable bonds is 6. The molecule has 8 nitrogen and oxygen atoms in total. The fourth-order valence-corrected chi connectivity index (χ4v) is 3.96. The van der Waals surface area contributed by atoms with Crippen molar-refractivity contribution in [2.75, 3.05) is 5.75 Å². The predicted octanol–water partition coefficient (Wildman–Crippen LogP) is -0.100. The van der Waals surface area contributed by atoms with Crippen LogP contribution in [0, 0.1) is 0 Å². The Balaban J connectivity index is 2.11. The first kappa shape index (κ1) is 15.4. The molecule has 10 heteroatoms. The molecular formula is C11H13N3O5S2. The minimum atomic E-state index is -3.72. The van der Waals surface area contributed by atoms with Crippen LogP contribution in [0.25, 0.3) is 4.96 Å². The van der Waals surface area contributed by atoms with Gasteiger partial charge in [-0.1, -0.05) is 0 Å². The van der Waals surface area contributed by atoms with Gasteiger partial charge in [0, 0.05) is 24.7 Å². The summed E-state index contributed by atoms with van der Waals surface area (Å²) in [6, 6.07) is -1.46. The Morgan fingerprint density at radius 3 is 2.81 bits per heavy atom. The van der Waals surface area contributed by atoms with E-state index in [4.69, 9.17) is 5.11 Å². The molecule has 0 fully saturated rings. The lowest BCUT2D eigenvalue weighted by Gasteiger charge is -2.12. The van der Waals surface area contributed by atoms with E-state index in [-0.39, 0.29) is 5.75 Å². The van der Waals surface area contributed by atoms with E-state index in [0.717, 1.165) is 6.92 Å². The smallest absolute Gasteiger partial charge is 0.327 e. The molecule has 0 saturated heterocycles. The van der Waals surface area contributed by atoms with Crippen LogP contribution in [0.1, 0.15) is 12.6 Å². The number of hydrogen-bond donors (Lipinski definition) is 2. The molecule has 114 valence electrons. The highest BCUT2D eigenvalue weighted by Gasteiger charge is 2.26. The van der Waals surface area contributed by atoms with Gasteiger partial charge in [-0.05, 0) is 0 Å². The number of hydrogen-bond acceptors (Lipinski definition) is 6. The van der Waals surface area contributed by atoms with Crippen LogP contribution in [0.2, 0.25) is 0 Å². The number of nitrogens with one attached hydrogen (secondary N) is 1. The van der Waals surface area contributed by atoms with E-state index < -0.39 is 33.5 Å². The summed E-state index contributed by atoms with van der Waals surface area (Å²) < 4.78 is 25.8. The molecule has 0 spiro atoms. The fraction of sp³-hybridized carbons (Fsp3) is 0.364. The van der Waals surface area contributed by atoms with Crippen molar-refractivity contribution in [3.05, 3.63) is 23.5 Å². The first-order valence-corrected chi connectivity index (χ1v) is 8.58. The van der Waals surface area contributed by atoms with Crippen LogP contribution in [0.3, 0.4) is 0 Å². The minimum absolute atomic E-state index is 0.341. The summed E-state index contributed by atoms with van der Waals surface area (Å²) in [5.74, 6) is -3.03. The maximum Gasteiger partial charge on any atom is 0.327 e. The zero-order valence-corrected chi connectivity index (χ0v) is 12.6. The van der Waals surface area contributed by atoms with Gasteiger partial charge < -0.3 is 10.4 Å². The highest BCUT2D eigenvalue weighted by Crippen LogP contribution is 2.14. The molecule has 2 heterocycles. The van der Waals surface area contributed by atoms with Gasteiger partial charge in [-0.25, -0.2) is 18.2 Å². The lowest BCUT2D eigenvalue weighted by molar-refractivity contribution is -0.140. The van der Waals surface area contributed by atoms with Crippen molar-refractivity contribution in [3.8, 4) is 0 Å². The summed E-state index contributed by atoms with van der Waals surface area (Å²) in [4.78, 5) is 26.7. The number of aliphatic carboxylic acids is 1. The second-order valence-electron chi connectivity index (χ2n) is 4.47. The van der Waals surface area contributed by atoms with E-state index >= 15 is 0 Å². The SMILES string of the molecule is CC(=O)NC(CS(=O)(=O)Cc1cn2ccsc2n1)C(=O)O. The van der Waals surface area contributed by atoms with Gasteiger partial charge >= 0.3 is 5.97 Å². The zero-order chi connectivity index (χ0) is 15.6. The zero-order valence-electron chi connectivity index (χ0n) is 11.0. The number of amides is 1. The highest BCUT2D eigenvalue weighted by molar-refractivity contribution is 7.90. The van der Waals surface area contributed by atoms with Gasteiger partial charge in [-0.2, -0.15) is 0 Å². The average molecular weight is 331 g/mol. The second kappa shape index (κ2) is 5.82. The monoisotopic (exact) mass is 331 g/mol. The summed E-state index contributed by atoms with van der Waals surface area (Å²) in [5.41, 5.74) is 0.341. The van der Waals surface area contributed by atoms with Gasteiger partial charge in [0.25, 0.3) is 0 Å². The molecule has 1 unspecified atom stereocenters. The first-order chi connectivity index (χ1) is 9.77. The number of imidazole rings is 1. The molecule has 0 aromatic carbocycles. The van der Waals surface area contributed by atoms with E-state index in [1.165, 1.54) is 11.3 Å². The van der Waals surface area contributed by atoms with Gasteiger partial charge in [0.2, 0.25) is 5.91 Å². The number of carbonyl (C=O) groups is 2. The first-order valence-electron chi connectivity index (χ1n) is 5.88. The molecular weight excluding hydrogens is 318 g/mol. The van der Waals surface area contributed by atoms with E-state index in [0.29, 0.717) is 10.7 Å². The number of carbonyl (C=O) groups excluding carboxylic acids is 1. The number of sulfone groups is 1. The van der Waals surface area contributed by atoms with Gasteiger partial charge in [0.05, 0.1) is 17.2 Å². The summed E-state index contributed by atoms with van der Waals surface area (Å²) in [7, 11) is -3.72. The van der Waals surface area contributed by atoms with Crippen molar-refractivity contribution in [3.63, 3.8) is 0 Å². The van der Waals surface area contributed by atoms with Crippen molar-refractivity contribution in [1.29, 1.82) is 0 Å². The third kappa shape index (κ3) is 4.02. The molecule has 0 radical (unpaired) electrons. The fourth-order valence-electron chi connectivity index (χ4n) is 1.80. The summed E-state index contributed by atoms with van der Waals surface area (Å²) in [6.07, 6.45) is 3.33. The van der Waals surface area contributed by atoms with Gasteiger partial charge in [-0.3, -0.25) is 9.20 Å². The lowest BCUT2D eigenvalue weighted by Crippen LogP contribution is -2.44. The van der Waals surface area contributed by atoms with Crippen molar-refractivity contribution in [1.82, 2.24) is 14.7 Å². The summed E-state index contributed by atoms with van der Waals surface area (Å²) >= 11 is 1.37.